The molecule has 5 aromatic heterocycles. The van der Waals surface area contributed by atoms with Crippen molar-refractivity contribution in [2.45, 2.75) is 0 Å². The highest BCUT2D eigenvalue weighted by atomic mass is 15.0. The first kappa shape index (κ1) is 34.0. The van der Waals surface area contributed by atoms with E-state index in [1.807, 2.05) is 0 Å². The number of hydrogen-bond acceptors (Lipinski definition) is 0. The van der Waals surface area contributed by atoms with Gasteiger partial charge in [0.15, 0.2) is 0 Å². The Balaban J connectivity index is 0.911. The van der Waals surface area contributed by atoms with Gasteiger partial charge in [-0.05, 0) is 119 Å². The van der Waals surface area contributed by atoms with Gasteiger partial charge in [0.2, 0.25) is 0 Å². The van der Waals surface area contributed by atoms with Crippen molar-refractivity contribution < 1.29 is 0 Å². The maximum absolute atomic E-state index is 2.51. The summed E-state index contributed by atoms with van der Waals surface area (Å²) in [6.07, 6.45) is 0. The molecule has 4 nitrogen and oxygen atoms in total. The van der Waals surface area contributed by atoms with Gasteiger partial charge in [0.1, 0.15) is 0 Å². The summed E-state index contributed by atoms with van der Waals surface area (Å²) in [4.78, 5) is 0. The molecule has 10 aromatic carbocycles. The fraction of sp³-hybridized carbons (Fsp3) is 0. The Morgan fingerprint density at radius 1 is 0.203 bits per heavy atom. The van der Waals surface area contributed by atoms with Crippen molar-refractivity contribution in [3.8, 4) is 33.6 Å². The lowest BCUT2D eigenvalue weighted by Gasteiger charge is -2.11. The van der Waals surface area contributed by atoms with E-state index in [4.69, 9.17) is 0 Å². The molecule has 0 spiro atoms. The molecule has 296 valence electrons. The average molecular weight is 813 g/mol. The van der Waals surface area contributed by atoms with Crippen molar-refractivity contribution in [3.05, 3.63) is 218 Å². The third-order valence-electron chi connectivity index (χ3n) is 14.1. The Kier molecular flexibility index (Phi) is 6.65. The molecule has 0 saturated carbocycles. The molecule has 0 fully saturated rings. The van der Waals surface area contributed by atoms with E-state index in [1.165, 1.54) is 132 Å². The van der Waals surface area contributed by atoms with Crippen molar-refractivity contribution in [1.82, 2.24) is 17.9 Å². The van der Waals surface area contributed by atoms with Crippen LogP contribution in [0.4, 0.5) is 0 Å². The van der Waals surface area contributed by atoms with Crippen LogP contribution >= 0.6 is 0 Å². The summed E-state index contributed by atoms with van der Waals surface area (Å²) in [5, 5.41) is 10.1. The topological polar surface area (TPSA) is 18.7 Å². The highest BCUT2D eigenvalue weighted by molar-refractivity contribution is 6.22. The van der Waals surface area contributed by atoms with Crippen LogP contribution in [0.15, 0.2) is 218 Å². The quantitative estimate of drug-likeness (QED) is 0.158. The van der Waals surface area contributed by atoms with Crippen LogP contribution < -0.4 is 0 Å². The zero-order chi connectivity index (χ0) is 41.6. The Hall–Kier alpha value is -8.60. The van der Waals surface area contributed by atoms with E-state index in [9.17, 15) is 0 Å². The molecule has 0 amide bonds. The molecule has 0 saturated heterocycles. The van der Waals surface area contributed by atoms with Crippen LogP contribution in [-0.4, -0.2) is 17.9 Å². The minimum absolute atomic E-state index is 1.17. The molecule has 64 heavy (non-hydrogen) atoms. The number of rotatable bonds is 4. The summed E-state index contributed by atoms with van der Waals surface area (Å²) in [5.41, 5.74) is 19.5. The zero-order valence-corrected chi connectivity index (χ0v) is 34.6. The van der Waals surface area contributed by atoms with Crippen molar-refractivity contribution in [3.63, 3.8) is 0 Å². The molecular formula is C60H36N4. The van der Waals surface area contributed by atoms with Gasteiger partial charge in [0.05, 0.1) is 55.2 Å². The lowest BCUT2D eigenvalue weighted by molar-refractivity contribution is 1.18. The number of nitrogens with zero attached hydrogens (tertiary/aromatic N) is 4. The Morgan fingerprint density at radius 2 is 0.516 bits per heavy atom. The number of fused-ring (bicyclic) bond motifs is 14. The molecule has 0 atom stereocenters. The second-order valence-electron chi connectivity index (χ2n) is 17.3. The predicted molar refractivity (Wildman–Crippen MR) is 269 cm³/mol. The fourth-order valence-corrected chi connectivity index (χ4v) is 11.3. The molecule has 0 aliphatic heterocycles. The molecule has 5 heterocycles. The highest BCUT2D eigenvalue weighted by Gasteiger charge is 2.22. The normalized spacial score (nSPS) is 12.4. The molecular weight excluding hydrogens is 777 g/mol. The van der Waals surface area contributed by atoms with Crippen LogP contribution in [0, 0.1) is 0 Å². The third kappa shape index (κ3) is 4.46. The van der Waals surface area contributed by atoms with Gasteiger partial charge in [0.25, 0.3) is 0 Å². The number of hydrogen-bond donors (Lipinski definition) is 0. The second-order valence-corrected chi connectivity index (χ2v) is 17.3. The van der Waals surface area contributed by atoms with Gasteiger partial charge in [-0.2, -0.15) is 0 Å². The van der Waals surface area contributed by atoms with E-state index < -0.39 is 0 Å². The third-order valence-corrected chi connectivity index (χ3v) is 14.1. The first-order chi connectivity index (χ1) is 31.8. The van der Waals surface area contributed by atoms with E-state index >= 15 is 0 Å². The molecule has 0 unspecified atom stereocenters. The summed E-state index contributed by atoms with van der Waals surface area (Å²) in [7, 11) is 0. The van der Waals surface area contributed by atoms with Crippen LogP contribution in [0.25, 0.3) is 132 Å². The van der Waals surface area contributed by atoms with Gasteiger partial charge in [0, 0.05) is 54.5 Å². The van der Waals surface area contributed by atoms with Crippen molar-refractivity contribution in [2.75, 3.05) is 0 Å². The number of para-hydroxylation sites is 6. The molecule has 0 N–H and O–H groups in total. The zero-order valence-electron chi connectivity index (χ0n) is 34.6. The van der Waals surface area contributed by atoms with Crippen molar-refractivity contribution in [2.24, 2.45) is 0 Å². The maximum Gasteiger partial charge on any atom is 0.0783 e. The summed E-state index contributed by atoms with van der Waals surface area (Å²) in [6, 6.07) is 80.7. The molecule has 4 heteroatoms. The molecule has 0 aliphatic rings. The van der Waals surface area contributed by atoms with E-state index in [0.717, 1.165) is 0 Å². The highest BCUT2D eigenvalue weighted by Crippen LogP contribution is 2.44. The van der Waals surface area contributed by atoms with Gasteiger partial charge < -0.3 is 17.9 Å². The minimum atomic E-state index is 1.17. The van der Waals surface area contributed by atoms with Crippen LogP contribution in [0.5, 0.6) is 0 Å². The SMILES string of the molecule is c1ccc(-n2c3ccccc3c3cc(-c4ccc5c(c4)c4cccc6c4n5c4cccc5c7cc(-c8ccc9c(c8)c8ccccc8n9-c8ccccc8)ccc7n6c54)ccc32)cc1. The second kappa shape index (κ2) is 12.5. The van der Waals surface area contributed by atoms with E-state index in [2.05, 4.69) is 236 Å². The average Bonchev–Trinajstić information content (AvgIpc) is 4.09. The first-order valence-electron chi connectivity index (χ1n) is 22.1. The maximum atomic E-state index is 2.51. The standard InChI is InChI=1S/C60H36N4/c1-3-13-41(14-4-1)61-51-21-9-7-17-43(51)47-33-37(25-29-53(47)61)39-27-31-55-49(35-39)45-19-11-23-57-59(45)63(55)58-24-12-20-46-50-36-40(28-32-56(50)64(57)60(46)58)38-26-30-54-48(34-38)44-18-8-10-22-52(44)62(54)42-15-5-2-6-16-42/h1-36H. The Labute approximate surface area is 366 Å². The van der Waals surface area contributed by atoms with Crippen molar-refractivity contribution in [1.29, 1.82) is 0 Å². The monoisotopic (exact) mass is 812 g/mol. The molecule has 15 aromatic rings. The van der Waals surface area contributed by atoms with E-state index in [0.29, 0.717) is 0 Å². The Bertz CT molecular complexity index is 4120. The van der Waals surface area contributed by atoms with Gasteiger partial charge in [-0.3, -0.25) is 0 Å². The van der Waals surface area contributed by atoms with Gasteiger partial charge in [-0.1, -0.05) is 121 Å². The van der Waals surface area contributed by atoms with E-state index in [-0.39, 0.29) is 0 Å². The van der Waals surface area contributed by atoms with Gasteiger partial charge in [-0.25, -0.2) is 0 Å². The molecule has 15 rings (SSSR count). The van der Waals surface area contributed by atoms with Crippen molar-refractivity contribution >= 4 is 98.3 Å². The van der Waals surface area contributed by atoms with Gasteiger partial charge in [-0.15, -0.1) is 0 Å². The minimum Gasteiger partial charge on any atom is -0.309 e. The summed E-state index contributed by atoms with van der Waals surface area (Å²) in [5.74, 6) is 0. The lowest BCUT2D eigenvalue weighted by Crippen LogP contribution is -1.96. The fourth-order valence-electron chi connectivity index (χ4n) is 11.3. The van der Waals surface area contributed by atoms with Crippen LogP contribution in [0.1, 0.15) is 0 Å². The lowest BCUT2D eigenvalue weighted by atomic mass is 10.0. The summed E-state index contributed by atoms with van der Waals surface area (Å²) in [6.45, 7) is 0. The molecule has 0 bridgehead atoms. The largest absolute Gasteiger partial charge is 0.309 e. The smallest absolute Gasteiger partial charge is 0.0783 e. The van der Waals surface area contributed by atoms with Crippen LogP contribution in [-0.2, 0) is 0 Å². The first-order valence-corrected chi connectivity index (χ1v) is 22.1. The molecule has 0 radical (unpaired) electrons. The summed E-state index contributed by atoms with van der Waals surface area (Å²) >= 11 is 0. The number of benzene rings is 10. The van der Waals surface area contributed by atoms with E-state index in [1.54, 1.807) is 0 Å². The van der Waals surface area contributed by atoms with Gasteiger partial charge >= 0.3 is 0 Å². The Morgan fingerprint density at radius 3 is 0.938 bits per heavy atom. The predicted octanol–water partition coefficient (Wildman–Crippen LogP) is 15.8. The summed E-state index contributed by atoms with van der Waals surface area (Å²) < 4.78 is 9.79. The number of aromatic nitrogens is 4. The molecule has 0 aliphatic carbocycles. The van der Waals surface area contributed by atoms with Crippen LogP contribution in [0.3, 0.4) is 0 Å². The van der Waals surface area contributed by atoms with Crippen LogP contribution in [0.2, 0.25) is 0 Å².